The summed E-state index contributed by atoms with van der Waals surface area (Å²) in [4.78, 5) is 24.9. The molecule has 1 saturated carbocycles. The highest BCUT2D eigenvalue weighted by Gasteiger charge is 2.36. The first-order valence-corrected chi connectivity index (χ1v) is 12.2. The second kappa shape index (κ2) is 8.88. The van der Waals surface area contributed by atoms with Crippen LogP contribution in [0.1, 0.15) is 54.4 Å². The molecular formula is C22H24ClN3O4S. The standard InChI is InChI=1S/C22H24ClN3O4S/c23-17-11-12-19-20(13-17)31(29,30)26(22(28)25-19)14-15-7-9-16(10-8-15)21(27)24-18-5-3-1-2-4-6-18/h7-13,18H,1-6,14H2,(H,24,27)(H,25,28). The third kappa shape index (κ3) is 4.70. The van der Waals surface area contributed by atoms with Crippen LogP contribution in [0.4, 0.5) is 10.5 Å². The second-order valence-corrected chi connectivity index (χ2v) is 10.2. The van der Waals surface area contributed by atoms with Crippen LogP contribution >= 0.6 is 11.6 Å². The molecule has 9 heteroatoms. The zero-order valence-corrected chi connectivity index (χ0v) is 18.5. The lowest BCUT2D eigenvalue weighted by molar-refractivity contribution is 0.0933. The van der Waals surface area contributed by atoms with E-state index < -0.39 is 16.1 Å². The fraction of sp³-hybridized carbons (Fsp3) is 0.364. The molecule has 0 atom stereocenters. The van der Waals surface area contributed by atoms with Crippen molar-refractivity contribution in [3.05, 3.63) is 58.6 Å². The normalized spacial score (nSPS) is 18.6. The lowest BCUT2D eigenvalue weighted by atomic mass is 10.1. The van der Waals surface area contributed by atoms with Gasteiger partial charge in [-0.05, 0) is 48.7 Å². The number of nitrogens with zero attached hydrogens (tertiary/aromatic N) is 1. The molecule has 3 amide bonds. The number of rotatable bonds is 4. The van der Waals surface area contributed by atoms with Gasteiger partial charge in [-0.25, -0.2) is 17.5 Å². The molecule has 1 fully saturated rings. The third-order valence-electron chi connectivity index (χ3n) is 5.71. The Hall–Kier alpha value is -2.58. The molecule has 2 aliphatic rings. The van der Waals surface area contributed by atoms with Crippen LogP contribution in [0.15, 0.2) is 47.4 Å². The molecule has 31 heavy (non-hydrogen) atoms. The number of carbonyl (C=O) groups excluding carboxylic acids is 2. The molecule has 2 aromatic rings. The van der Waals surface area contributed by atoms with Crippen molar-refractivity contribution in [2.45, 2.75) is 56.0 Å². The van der Waals surface area contributed by atoms with E-state index in [1.54, 1.807) is 24.3 Å². The summed E-state index contributed by atoms with van der Waals surface area (Å²) in [7, 11) is -4.04. The van der Waals surface area contributed by atoms with Crippen LogP contribution in [0.3, 0.4) is 0 Å². The molecule has 0 bridgehead atoms. The van der Waals surface area contributed by atoms with Crippen LogP contribution in [-0.4, -0.2) is 30.7 Å². The van der Waals surface area contributed by atoms with Gasteiger partial charge in [-0.1, -0.05) is 49.4 Å². The van der Waals surface area contributed by atoms with Crippen LogP contribution in [0.2, 0.25) is 5.02 Å². The molecule has 0 aromatic heterocycles. The number of amides is 3. The average molecular weight is 462 g/mol. The van der Waals surface area contributed by atoms with Gasteiger partial charge in [0, 0.05) is 16.6 Å². The van der Waals surface area contributed by atoms with Crippen molar-refractivity contribution in [1.29, 1.82) is 0 Å². The highest BCUT2D eigenvalue weighted by molar-refractivity contribution is 7.90. The largest absolute Gasteiger partial charge is 0.349 e. The van der Waals surface area contributed by atoms with Gasteiger partial charge in [-0.2, -0.15) is 0 Å². The van der Waals surface area contributed by atoms with Gasteiger partial charge in [0.25, 0.3) is 15.9 Å². The van der Waals surface area contributed by atoms with E-state index in [1.165, 1.54) is 31.0 Å². The van der Waals surface area contributed by atoms with Gasteiger partial charge in [0.2, 0.25) is 0 Å². The van der Waals surface area contributed by atoms with E-state index in [2.05, 4.69) is 10.6 Å². The van der Waals surface area contributed by atoms with Crippen molar-refractivity contribution in [3.8, 4) is 0 Å². The molecule has 4 rings (SSSR count). The average Bonchev–Trinajstić information content (AvgIpc) is 3.01. The van der Waals surface area contributed by atoms with Crippen molar-refractivity contribution in [2.75, 3.05) is 5.32 Å². The van der Waals surface area contributed by atoms with E-state index in [0.29, 0.717) is 11.1 Å². The minimum atomic E-state index is -4.04. The molecule has 0 spiro atoms. The summed E-state index contributed by atoms with van der Waals surface area (Å²) in [5.41, 5.74) is 1.31. The predicted octanol–water partition coefficient (Wildman–Crippen LogP) is 4.53. The number of urea groups is 1. The predicted molar refractivity (Wildman–Crippen MR) is 119 cm³/mol. The lowest BCUT2D eigenvalue weighted by Crippen LogP contribution is -2.43. The third-order valence-corrected chi connectivity index (χ3v) is 7.72. The smallest absolute Gasteiger partial charge is 0.336 e. The Morgan fingerprint density at radius 2 is 1.74 bits per heavy atom. The SMILES string of the molecule is O=C(NC1CCCCCC1)c1ccc(CN2C(=O)Nc3ccc(Cl)cc3S2(=O)=O)cc1. The number of halogens is 1. The molecule has 0 radical (unpaired) electrons. The first kappa shape index (κ1) is 21.6. The Labute approximate surface area is 186 Å². The summed E-state index contributed by atoms with van der Waals surface area (Å²) in [6, 6.07) is 10.4. The zero-order valence-electron chi connectivity index (χ0n) is 16.9. The number of benzene rings is 2. The zero-order chi connectivity index (χ0) is 22.0. The summed E-state index contributed by atoms with van der Waals surface area (Å²) in [5, 5.41) is 5.94. The molecule has 1 aliphatic heterocycles. The van der Waals surface area contributed by atoms with E-state index >= 15 is 0 Å². The Kier molecular flexibility index (Phi) is 6.20. The van der Waals surface area contributed by atoms with Crippen LogP contribution in [0.5, 0.6) is 0 Å². The van der Waals surface area contributed by atoms with Crippen molar-refractivity contribution in [2.24, 2.45) is 0 Å². The van der Waals surface area contributed by atoms with Gasteiger partial charge in [-0.15, -0.1) is 0 Å². The van der Waals surface area contributed by atoms with Crippen LogP contribution in [0, 0.1) is 0 Å². The maximum atomic E-state index is 12.9. The molecular weight excluding hydrogens is 438 g/mol. The topological polar surface area (TPSA) is 95.6 Å². The van der Waals surface area contributed by atoms with Crippen molar-refractivity contribution >= 4 is 39.2 Å². The fourth-order valence-electron chi connectivity index (χ4n) is 3.99. The van der Waals surface area contributed by atoms with E-state index in [0.717, 1.165) is 30.0 Å². The molecule has 2 aromatic carbocycles. The number of hydrogen-bond donors (Lipinski definition) is 2. The molecule has 0 saturated heterocycles. The van der Waals surface area contributed by atoms with Crippen molar-refractivity contribution in [1.82, 2.24) is 9.62 Å². The minimum absolute atomic E-state index is 0.0426. The highest BCUT2D eigenvalue weighted by atomic mass is 35.5. The van der Waals surface area contributed by atoms with E-state index in [9.17, 15) is 18.0 Å². The molecule has 1 aliphatic carbocycles. The van der Waals surface area contributed by atoms with E-state index in [-0.39, 0.29) is 34.1 Å². The summed E-state index contributed by atoms with van der Waals surface area (Å²) in [6.45, 7) is -0.148. The summed E-state index contributed by atoms with van der Waals surface area (Å²) < 4.78 is 26.6. The number of hydrogen-bond acceptors (Lipinski definition) is 4. The van der Waals surface area contributed by atoms with Crippen molar-refractivity contribution in [3.63, 3.8) is 0 Å². The van der Waals surface area contributed by atoms with Gasteiger partial charge in [-0.3, -0.25) is 4.79 Å². The highest BCUT2D eigenvalue weighted by Crippen LogP contribution is 2.33. The maximum Gasteiger partial charge on any atom is 0.336 e. The number of sulfonamides is 1. The van der Waals surface area contributed by atoms with E-state index in [1.807, 2.05) is 0 Å². The van der Waals surface area contributed by atoms with E-state index in [4.69, 9.17) is 11.6 Å². The maximum absolute atomic E-state index is 12.9. The van der Waals surface area contributed by atoms with Gasteiger partial charge >= 0.3 is 6.03 Å². The molecule has 7 nitrogen and oxygen atoms in total. The Balaban J connectivity index is 1.47. The lowest BCUT2D eigenvalue weighted by Gasteiger charge is -2.29. The molecule has 164 valence electrons. The Morgan fingerprint density at radius 3 is 2.42 bits per heavy atom. The van der Waals surface area contributed by atoms with Crippen LogP contribution < -0.4 is 10.6 Å². The van der Waals surface area contributed by atoms with Gasteiger partial charge in [0.1, 0.15) is 4.90 Å². The number of nitrogens with one attached hydrogen (secondary N) is 2. The first-order chi connectivity index (χ1) is 14.8. The number of anilines is 1. The van der Waals surface area contributed by atoms with Gasteiger partial charge in [0.15, 0.2) is 0 Å². The summed E-state index contributed by atoms with van der Waals surface area (Å²) in [6.07, 6.45) is 6.68. The second-order valence-electron chi connectivity index (χ2n) is 7.94. The monoisotopic (exact) mass is 461 g/mol. The van der Waals surface area contributed by atoms with Crippen LogP contribution in [-0.2, 0) is 16.6 Å². The summed E-state index contributed by atoms with van der Waals surface area (Å²) in [5.74, 6) is -0.134. The molecule has 0 unspecified atom stereocenters. The quantitative estimate of drug-likeness (QED) is 0.654. The fourth-order valence-corrected chi connectivity index (χ4v) is 5.72. The van der Waals surface area contributed by atoms with Crippen molar-refractivity contribution < 1.29 is 18.0 Å². The first-order valence-electron chi connectivity index (χ1n) is 10.4. The minimum Gasteiger partial charge on any atom is -0.349 e. The number of carbonyl (C=O) groups is 2. The van der Waals surface area contributed by atoms with Crippen LogP contribution in [0.25, 0.3) is 0 Å². The Morgan fingerprint density at radius 1 is 1.06 bits per heavy atom. The summed E-state index contributed by atoms with van der Waals surface area (Å²) >= 11 is 5.94. The van der Waals surface area contributed by atoms with Gasteiger partial charge in [0.05, 0.1) is 12.2 Å². The Bertz CT molecular complexity index is 1090. The molecule has 1 heterocycles. The number of fused-ring (bicyclic) bond motifs is 1. The molecule has 2 N–H and O–H groups in total. The van der Waals surface area contributed by atoms with Gasteiger partial charge < -0.3 is 10.6 Å².